The van der Waals surface area contributed by atoms with Crippen molar-refractivity contribution in [3.05, 3.63) is 40.1 Å². The number of rotatable bonds is 5. The number of hydrogen-bond acceptors (Lipinski definition) is 5. The summed E-state index contributed by atoms with van der Waals surface area (Å²) in [5.41, 5.74) is 1.51. The van der Waals surface area contributed by atoms with Crippen LogP contribution in [0.1, 0.15) is 34.9 Å². The zero-order chi connectivity index (χ0) is 13.8. The first-order valence-corrected chi connectivity index (χ1v) is 6.98. The van der Waals surface area contributed by atoms with E-state index < -0.39 is 0 Å². The molecule has 2 aromatic heterocycles. The van der Waals surface area contributed by atoms with Gasteiger partial charge in [-0.2, -0.15) is 0 Å². The molecule has 0 unspecified atom stereocenters. The number of Topliss-reactive ketones (excluding diaryl/α,β-unsaturated/α-hetero) is 1. The van der Waals surface area contributed by atoms with Gasteiger partial charge in [0.05, 0.1) is 18.7 Å². The smallest absolute Gasteiger partial charge is 0.171 e. The minimum Gasteiger partial charge on any atom is -0.489 e. The Morgan fingerprint density at radius 2 is 2.21 bits per heavy atom. The van der Waals surface area contributed by atoms with Crippen molar-refractivity contribution < 1.29 is 9.53 Å². The lowest BCUT2D eigenvalue weighted by atomic mass is 10.1. The summed E-state index contributed by atoms with van der Waals surface area (Å²) < 4.78 is 5.53. The van der Waals surface area contributed by atoms with E-state index in [-0.39, 0.29) is 11.9 Å². The molecule has 0 saturated carbocycles. The zero-order valence-corrected chi connectivity index (χ0v) is 12.0. The van der Waals surface area contributed by atoms with Gasteiger partial charge in [-0.3, -0.25) is 9.78 Å². The van der Waals surface area contributed by atoms with Crippen molar-refractivity contribution in [1.82, 2.24) is 9.97 Å². The molecule has 0 aliphatic carbocycles. The summed E-state index contributed by atoms with van der Waals surface area (Å²) in [6.07, 6.45) is 3.56. The molecular weight excluding hydrogens is 260 g/mol. The molecule has 0 atom stereocenters. The third-order valence-electron chi connectivity index (χ3n) is 2.39. The maximum absolute atomic E-state index is 12.1. The first-order valence-electron chi connectivity index (χ1n) is 6.10. The summed E-state index contributed by atoms with van der Waals surface area (Å²) in [7, 11) is 0. The highest BCUT2D eigenvalue weighted by Gasteiger charge is 2.11. The van der Waals surface area contributed by atoms with E-state index in [1.165, 1.54) is 11.3 Å². The molecule has 2 heterocycles. The quantitative estimate of drug-likeness (QED) is 0.788. The van der Waals surface area contributed by atoms with Crippen molar-refractivity contribution in [2.24, 2.45) is 0 Å². The van der Waals surface area contributed by atoms with Crippen LogP contribution in [0.3, 0.4) is 0 Å². The number of nitrogens with zero attached hydrogens (tertiary/aromatic N) is 2. The van der Waals surface area contributed by atoms with E-state index in [1.54, 1.807) is 18.5 Å². The molecule has 19 heavy (non-hydrogen) atoms. The number of ketones is 1. The number of carbonyl (C=O) groups excluding carboxylic acids is 1. The highest BCUT2D eigenvalue weighted by molar-refractivity contribution is 7.09. The summed E-state index contributed by atoms with van der Waals surface area (Å²) in [6, 6.07) is 1.73. The lowest BCUT2D eigenvalue weighted by molar-refractivity contribution is 0.0991. The van der Waals surface area contributed by atoms with Crippen LogP contribution in [0.15, 0.2) is 23.8 Å². The number of aromatic nitrogens is 2. The Bertz CT molecular complexity index is 578. The molecule has 5 heteroatoms. The number of pyridine rings is 1. The summed E-state index contributed by atoms with van der Waals surface area (Å²) >= 11 is 1.50. The van der Waals surface area contributed by atoms with E-state index in [0.29, 0.717) is 17.7 Å². The molecule has 0 saturated heterocycles. The van der Waals surface area contributed by atoms with Crippen LogP contribution in [0.25, 0.3) is 0 Å². The zero-order valence-electron chi connectivity index (χ0n) is 11.2. The molecule has 0 aliphatic heterocycles. The van der Waals surface area contributed by atoms with Gasteiger partial charge in [0, 0.05) is 22.8 Å². The Morgan fingerprint density at radius 1 is 1.42 bits per heavy atom. The highest BCUT2D eigenvalue weighted by Crippen LogP contribution is 2.16. The van der Waals surface area contributed by atoms with Gasteiger partial charge in [-0.15, -0.1) is 11.3 Å². The molecule has 0 spiro atoms. The molecule has 4 nitrogen and oxygen atoms in total. The third-order valence-corrected chi connectivity index (χ3v) is 3.35. The van der Waals surface area contributed by atoms with Crippen LogP contribution in [0.2, 0.25) is 0 Å². The molecule has 0 aromatic carbocycles. The Morgan fingerprint density at radius 3 is 2.84 bits per heavy atom. The minimum absolute atomic E-state index is 0.0102. The van der Waals surface area contributed by atoms with Crippen LogP contribution in [0, 0.1) is 6.92 Å². The van der Waals surface area contributed by atoms with E-state index in [0.717, 1.165) is 10.7 Å². The molecular formula is C14H16N2O2S. The fourth-order valence-corrected chi connectivity index (χ4v) is 2.40. The standard InChI is InChI=1S/C14H16N2O2S/c1-9(2)18-12-4-11(6-15-7-12)13(17)5-14-16-10(3)8-19-14/h4,6-9H,5H2,1-3H3. The van der Waals surface area contributed by atoms with E-state index in [4.69, 9.17) is 4.74 Å². The number of thiazole rings is 1. The van der Waals surface area contributed by atoms with Gasteiger partial charge in [-0.1, -0.05) is 0 Å². The summed E-state index contributed by atoms with van der Waals surface area (Å²) in [6.45, 7) is 5.79. The molecule has 0 amide bonds. The fourth-order valence-electron chi connectivity index (χ4n) is 1.63. The van der Waals surface area contributed by atoms with Crippen molar-refractivity contribution in [3.63, 3.8) is 0 Å². The summed E-state index contributed by atoms with van der Waals surface area (Å²) in [4.78, 5) is 20.5. The van der Waals surface area contributed by atoms with Gasteiger partial charge in [-0.25, -0.2) is 4.98 Å². The second-order valence-corrected chi connectivity index (χ2v) is 5.50. The fraction of sp³-hybridized carbons (Fsp3) is 0.357. The number of carbonyl (C=O) groups is 1. The summed E-state index contributed by atoms with van der Waals surface area (Å²) in [5.74, 6) is 0.632. The average molecular weight is 276 g/mol. The van der Waals surface area contributed by atoms with Crippen molar-refractivity contribution in [2.45, 2.75) is 33.3 Å². The molecule has 0 aliphatic rings. The highest BCUT2D eigenvalue weighted by atomic mass is 32.1. The predicted octanol–water partition coefficient (Wildman–Crippen LogP) is 3.06. The molecule has 0 fully saturated rings. The summed E-state index contributed by atoms with van der Waals surface area (Å²) in [5, 5.41) is 2.77. The lowest BCUT2D eigenvalue weighted by Crippen LogP contribution is -2.08. The largest absolute Gasteiger partial charge is 0.489 e. The van der Waals surface area contributed by atoms with Crippen LogP contribution in [0.4, 0.5) is 0 Å². The van der Waals surface area contributed by atoms with Gasteiger partial charge >= 0.3 is 0 Å². The Labute approximate surface area is 116 Å². The van der Waals surface area contributed by atoms with Gasteiger partial charge in [0.2, 0.25) is 0 Å². The molecule has 2 aromatic rings. The molecule has 0 N–H and O–H groups in total. The van der Waals surface area contributed by atoms with Gasteiger partial charge in [-0.05, 0) is 26.8 Å². The first kappa shape index (κ1) is 13.7. The maximum atomic E-state index is 12.1. The van der Waals surface area contributed by atoms with E-state index in [2.05, 4.69) is 9.97 Å². The van der Waals surface area contributed by atoms with Crippen molar-refractivity contribution in [1.29, 1.82) is 0 Å². The number of ether oxygens (including phenoxy) is 1. The van der Waals surface area contributed by atoms with Crippen molar-refractivity contribution >= 4 is 17.1 Å². The van der Waals surface area contributed by atoms with Crippen LogP contribution >= 0.6 is 11.3 Å². The second kappa shape index (κ2) is 5.93. The van der Waals surface area contributed by atoms with Gasteiger partial charge in [0.15, 0.2) is 5.78 Å². The Kier molecular flexibility index (Phi) is 4.27. The normalized spacial score (nSPS) is 10.7. The first-order chi connectivity index (χ1) is 9.04. The van der Waals surface area contributed by atoms with E-state index >= 15 is 0 Å². The Balaban J connectivity index is 2.10. The Hall–Kier alpha value is -1.75. The third kappa shape index (κ3) is 3.86. The lowest BCUT2D eigenvalue weighted by Gasteiger charge is -2.09. The topological polar surface area (TPSA) is 52.1 Å². The second-order valence-electron chi connectivity index (χ2n) is 4.56. The van der Waals surface area contributed by atoms with Crippen molar-refractivity contribution in [2.75, 3.05) is 0 Å². The molecule has 2 rings (SSSR count). The average Bonchev–Trinajstić information content (AvgIpc) is 2.74. The number of hydrogen-bond donors (Lipinski definition) is 0. The van der Waals surface area contributed by atoms with Crippen LogP contribution in [-0.4, -0.2) is 21.9 Å². The monoisotopic (exact) mass is 276 g/mol. The number of aryl methyl sites for hydroxylation is 1. The minimum atomic E-state index is 0.0102. The van der Waals surface area contributed by atoms with Crippen LogP contribution < -0.4 is 4.74 Å². The van der Waals surface area contributed by atoms with Gasteiger partial charge < -0.3 is 4.74 Å². The molecule has 100 valence electrons. The SMILES string of the molecule is Cc1csc(CC(=O)c2cncc(OC(C)C)c2)n1. The van der Waals surface area contributed by atoms with E-state index in [1.807, 2.05) is 26.2 Å². The van der Waals surface area contributed by atoms with E-state index in [9.17, 15) is 4.79 Å². The van der Waals surface area contributed by atoms with Gasteiger partial charge in [0.25, 0.3) is 0 Å². The van der Waals surface area contributed by atoms with Crippen LogP contribution in [-0.2, 0) is 6.42 Å². The van der Waals surface area contributed by atoms with Crippen LogP contribution in [0.5, 0.6) is 5.75 Å². The molecule has 0 radical (unpaired) electrons. The molecule has 0 bridgehead atoms. The predicted molar refractivity (Wildman–Crippen MR) is 74.9 cm³/mol. The van der Waals surface area contributed by atoms with Crippen molar-refractivity contribution in [3.8, 4) is 5.75 Å². The van der Waals surface area contributed by atoms with Gasteiger partial charge in [0.1, 0.15) is 10.8 Å². The maximum Gasteiger partial charge on any atom is 0.171 e.